The molecular formula is C15H18N2O4S. The Labute approximate surface area is 132 Å². The first-order chi connectivity index (χ1) is 10.7. The minimum atomic E-state index is -0.588. The van der Waals surface area contributed by atoms with Crippen molar-refractivity contribution in [2.75, 3.05) is 39.4 Å². The largest absolute Gasteiger partial charge is 0.502 e. The number of hydrogen-bond donors (Lipinski definition) is 1. The Balaban J connectivity index is 1.59. The second-order valence-corrected chi connectivity index (χ2v) is 6.22. The molecule has 0 aliphatic carbocycles. The van der Waals surface area contributed by atoms with Crippen molar-refractivity contribution >= 4 is 28.7 Å². The average Bonchev–Trinajstić information content (AvgIpc) is 3.11. The highest BCUT2D eigenvalue weighted by molar-refractivity contribution is 7.11. The smallest absolute Gasteiger partial charge is 0.296 e. The molecule has 0 spiro atoms. The van der Waals surface area contributed by atoms with Gasteiger partial charge in [0.15, 0.2) is 5.76 Å². The normalized spacial score (nSPS) is 20.3. The summed E-state index contributed by atoms with van der Waals surface area (Å²) in [5.74, 6) is -1.42. The molecule has 6 nitrogen and oxygen atoms in total. The maximum atomic E-state index is 12.4. The van der Waals surface area contributed by atoms with E-state index in [1.54, 1.807) is 12.1 Å². The predicted molar refractivity (Wildman–Crippen MR) is 82.5 cm³/mol. The Morgan fingerprint density at radius 2 is 1.95 bits per heavy atom. The number of carbonyl (C=O) groups excluding carboxylic acids is 2. The van der Waals surface area contributed by atoms with Crippen molar-refractivity contribution in [1.82, 2.24) is 9.80 Å². The molecule has 2 aliphatic heterocycles. The molecule has 3 heterocycles. The average molecular weight is 322 g/mol. The molecule has 0 unspecified atom stereocenters. The lowest BCUT2D eigenvalue weighted by atomic mass is 10.2. The van der Waals surface area contributed by atoms with Crippen LogP contribution in [0.5, 0.6) is 0 Å². The van der Waals surface area contributed by atoms with Gasteiger partial charge in [0.25, 0.3) is 11.8 Å². The van der Waals surface area contributed by atoms with Gasteiger partial charge < -0.3 is 9.84 Å². The fourth-order valence-electron chi connectivity index (χ4n) is 2.69. The number of morpholine rings is 1. The predicted octanol–water partition coefficient (Wildman–Crippen LogP) is 1.11. The van der Waals surface area contributed by atoms with Crippen molar-refractivity contribution in [3.05, 3.63) is 28.1 Å². The quantitative estimate of drug-likeness (QED) is 0.822. The topological polar surface area (TPSA) is 70.1 Å². The lowest BCUT2D eigenvalue weighted by molar-refractivity contribution is -0.138. The maximum Gasteiger partial charge on any atom is 0.296 e. The molecule has 0 saturated carbocycles. The summed E-state index contributed by atoms with van der Waals surface area (Å²) in [7, 11) is 0. The summed E-state index contributed by atoms with van der Waals surface area (Å²) in [6.45, 7) is 4.36. The van der Waals surface area contributed by atoms with Gasteiger partial charge in [-0.15, -0.1) is 11.3 Å². The third-order valence-electron chi connectivity index (χ3n) is 3.87. The zero-order chi connectivity index (χ0) is 15.5. The summed E-state index contributed by atoms with van der Waals surface area (Å²) in [5, 5.41) is 11.8. The zero-order valence-electron chi connectivity index (χ0n) is 12.2. The number of amides is 2. The van der Waals surface area contributed by atoms with Gasteiger partial charge in [0.1, 0.15) is 5.57 Å². The van der Waals surface area contributed by atoms with E-state index in [2.05, 4.69) is 4.90 Å². The number of aliphatic hydroxyl groups is 1. The summed E-state index contributed by atoms with van der Waals surface area (Å²) in [5.41, 5.74) is 0.131. The van der Waals surface area contributed by atoms with E-state index in [4.69, 9.17) is 4.74 Å². The van der Waals surface area contributed by atoms with Crippen LogP contribution in [-0.4, -0.2) is 66.1 Å². The third kappa shape index (κ3) is 2.92. The van der Waals surface area contributed by atoms with Crippen molar-refractivity contribution in [1.29, 1.82) is 0 Å². The monoisotopic (exact) mass is 322 g/mol. The van der Waals surface area contributed by atoms with Crippen molar-refractivity contribution < 1.29 is 19.4 Å². The van der Waals surface area contributed by atoms with Crippen LogP contribution in [0.25, 0.3) is 5.57 Å². The van der Waals surface area contributed by atoms with Gasteiger partial charge in [-0.1, -0.05) is 6.07 Å². The lowest BCUT2D eigenvalue weighted by Crippen LogP contribution is -2.39. The SMILES string of the molecule is O=C1C(O)=C(c2cccs2)C(=O)N1CCCN1CCOCC1. The molecule has 1 fully saturated rings. The van der Waals surface area contributed by atoms with Crippen LogP contribution in [-0.2, 0) is 14.3 Å². The van der Waals surface area contributed by atoms with E-state index in [1.165, 1.54) is 11.3 Å². The van der Waals surface area contributed by atoms with E-state index in [-0.39, 0.29) is 5.57 Å². The molecule has 2 aliphatic rings. The highest BCUT2D eigenvalue weighted by Gasteiger charge is 2.39. The van der Waals surface area contributed by atoms with Gasteiger partial charge in [-0.05, 0) is 17.9 Å². The lowest BCUT2D eigenvalue weighted by Gasteiger charge is -2.27. The van der Waals surface area contributed by atoms with Crippen molar-refractivity contribution in [2.45, 2.75) is 6.42 Å². The number of aliphatic hydroxyl groups excluding tert-OH is 1. The molecule has 3 rings (SSSR count). The number of rotatable bonds is 5. The molecule has 0 radical (unpaired) electrons. The molecule has 1 aromatic heterocycles. The second-order valence-electron chi connectivity index (χ2n) is 5.27. The van der Waals surface area contributed by atoms with Crippen LogP contribution in [0.2, 0.25) is 0 Å². The Morgan fingerprint density at radius 1 is 1.18 bits per heavy atom. The first-order valence-electron chi connectivity index (χ1n) is 7.32. The molecule has 0 aromatic carbocycles. The van der Waals surface area contributed by atoms with E-state index >= 15 is 0 Å². The minimum absolute atomic E-state index is 0.131. The summed E-state index contributed by atoms with van der Waals surface area (Å²) >= 11 is 1.34. The number of imide groups is 1. The Hall–Kier alpha value is -1.70. The van der Waals surface area contributed by atoms with Crippen molar-refractivity contribution in [3.8, 4) is 0 Å². The Kier molecular flexibility index (Phi) is 4.56. The number of thiophene rings is 1. The zero-order valence-corrected chi connectivity index (χ0v) is 13.0. The van der Waals surface area contributed by atoms with E-state index < -0.39 is 17.6 Å². The van der Waals surface area contributed by atoms with Crippen LogP contribution in [0.15, 0.2) is 23.3 Å². The molecule has 0 bridgehead atoms. The number of carbonyl (C=O) groups is 2. The molecule has 7 heteroatoms. The molecular weight excluding hydrogens is 304 g/mol. The van der Waals surface area contributed by atoms with Crippen LogP contribution >= 0.6 is 11.3 Å². The highest BCUT2D eigenvalue weighted by atomic mass is 32.1. The molecule has 22 heavy (non-hydrogen) atoms. The molecule has 1 aromatic rings. The fourth-order valence-corrected chi connectivity index (χ4v) is 3.45. The van der Waals surface area contributed by atoms with Gasteiger partial charge in [0, 0.05) is 31.1 Å². The summed E-state index contributed by atoms with van der Waals surface area (Å²) in [4.78, 5) is 28.5. The van der Waals surface area contributed by atoms with Gasteiger partial charge in [-0.3, -0.25) is 19.4 Å². The van der Waals surface area contributed by atoms with E-state index in [1.807, 2.05) is 5.38 Å². The Morgan fingerprint density at radius 3 is 2.64 bits per heavy atom. The number of hydrogen-bond acceptors (Lipinski definition) is 6. The minimum Gasteiger partial charge on any atom is -0.502 e. The van der Waals surface area contributed by atoms with Gasteiger partial charge in [0.05, 0.1) is 13.2 Å². The molecule has 2 amide bonds. The van der Waals surface area contributed by atoms with E-state index in [0.29, 0.717) is 17.8 Å². The van der Waals surface area contributed by atoms with Crippen LogP contribution in [0.4, 0.5) is 0 Å². The molecule has 1 N–H and O–H groups in total. The van der Waals surface area contributed by atoms with Crippen LogP contribution in [0, 0.1) is 0 Å². The summed E-state index contributed by atoms with van der Waals surface area (Å²) in [6.07, 6.45) is 0.697. The summed E-state index contributed by atoms with van der Waals surface area (Å²) < 4.78 is 5.28. The number of ether oxygens (including phenoxy) is 1. The second kappa shape index (κ2) is 6.60. The van der Waals surface area contributed by atoms with Crippen LogP contribution in [0.3, 0.4) is 0 Å². The first-order valence-corrected chi connectivity index (χ1v) is 8.20. The van der Waals surface area contributed by atoms with Gasteiger partial charge in [-0.25, -0.2) is 0 Å². The van der Waals surface area contributed by atoms with E-state index in [0.717, 1.165) is 37.7 Å². The van der Waals surface area contributed by atoms with Crippen LogP contribution < -0.4 is 0 Å². The highest BCUT2D eigenvalue weighted by Crippen LogP contribution is 2.30. The van der Waals surface area contributed by atoms with Crippen LogP contribution in [0.1, 0.15) is 11.3 Å². The van der Waals surface area contributed by atoms with Crippen molar-refractivity contribution in [3.63, 3.8) is 0 Å². The Bertz CT molecular complexity index is 591. The standard InChI is InChI=1S/C15H18N2O4S/c18-13-12(11-3-1-10-22-11)14(19)17(15(13)20)5-2-4-16-6-8-21-9-7-16/h1,3,10,18H,2,4-9H2. The van der Waals surface area contributed by atoms with Gasteiger partial charge in [-0.2, -0.15) is 0 Å². The van der Waals surface area contributed by atoms with Gasteiger partial charge >= 0.3 is 0 Å². The molecule has 0 atom stereocenters. The fraction of sp³-hybridized carbons (Fsp3) is 0.467. The maximum absolute atomic E-state index is 12.4. The molecule has 118 valence electrons. The third-order valence-corrected chi connectivity index (χ3v) is 4.76. The van der Waals surface area contributed by atoms with Gasteiger partial charge in [0.2, 0.25) is 0 Å². The van der Waals surface area contributed by atoms with Crippen molar-refractivity contribution in [2.24, 2.45) is 0 Å². The molecule has 1 saturated heterocycles. The summed E-state index contributed by atoms with van der Waals surface area (Å²) in [6, 6.07) is 3.53. The first kappa shape index (κ1) is 15.2. The number of nitrogens with zero attached hydrogens (tertiary/aromatic N) is 2. The van der Waals surface area contributed by atoms with E-state index in [9.17, 15) is 14.7 Å².